The summed E-state index contributed by atoms with van der Waals surface area (Å²) in [6.07, 6.45) is -0.730. The number of methoxy groups -OCH3 is 1. The Balaban J connectivity index is 2.51. The van der Waals surface area contributed by atoms with Crippen LogP contribution in [0, 0.1) is 0 Å². The first kappa shape index (κ1) is 15.5. The number of carbonyl (C=O) groups is 2. The summed E-state index contributed by atoms with van der Waals surface area (Å²) in [7, 11) is 1.40. The van der Waals surface area contributed by atoms with E-state index in [9.17, 15) is 9.59 Å². The maximum Gasteiger partial charge on any atom is 0.306 e. The molecule has 0 saturated heterocycles. The number of nitrogens with zero attached hydrogens (tertiary/aromatic N) is 1. The van der Waals surface area contributed by atoms with Gasteiger partial charge in [-0.2, -0.15) is 0 Å². The monoisotopic (exact) mass is 287 g/mol. The molecule has 1 heterocycles. The van der Waals surface area contributed by atoms with E-state index in [1.807, 2.05) is 0 Å². The van der Waals surface area contributed by atoms with Crippen LogP contribution in [-0.2, 0) is 9.53 Å². The third-order valence-electron chi connectivity index (χ3n) is 2.37. The van der Waals surface area contributed by atoms with Crippen molar-refractivity contribution in [3.63, 3.8) is 0 Å². The minimum Gasteiger partial charge on any atom is -0.481 e. The molecule has 0 spiro atoms. The van der Waals surface area contributed by atoms with Crippen molar-refractivity contribution in [2.75, 3.05) is 13.7 Å². The van der Waals surface area contributed by atoms with Crippen molar-refractivity contribution in [2.24, 2.45) is 5.73 Å². The molecule has 0 fully saturated rings. The van der Waals surface area contributed by atoms with Gasteiger partial charge in [-0.15, -0.1) is 11.3 Å². The number of hydrogen-bond donors (Lipinski definition) is 3. The van der Waals surface area contributed by atoms with Gasteiger partial charge >= 0.3 is 5.97 Å². The smallest absolute Gasteiger partial charge is 0.306 e. The van der Waals surface area contributed by atoms with Crippen molar-refractivity contribution in [1.82, 2.24) is 10.3 Å². The second-order valence-electron chi connectivity index (χ2n) is 4.03. The summed E-state index contributed by atoms with van der Waals surface area (Å²) in [6, 6.07) is -0.217. The summed E-state index contributed by atoms with van der Waals surface area (Å²) in [5.74, 6) is -1.34. The average Bonchev–Trinajstić information content (AvgIpc) is 2.83. The third kappa shape index (κ3) is 4.93. The van der Waals surface area contributed by atoms with E-state index >= 15 is 0 Å². The lowest BCUT2D eigenvalue weighted by molar-refractivity contribution is -0.139. The molecular formula is C11H17N3O4S. The number of amides is 1. The van der Waals surface area contributed by atoms with Crippen molar-refractivity contribution >= 4 is 23.2 Å². The maximum absolute atomic E-state index is 11.8. The zero-order valence-corrected chi connectivity index (χ0v) is 11.6. The van der Waals surface area contributed by atoms with Crippen LogP contribution in [0.25, 0.3) is 0 Å². The van der Waals surface area contributed by atoms with E-state index in [0.29, 0.717) is 5.01 Å². The van der Waals surface area contributed by atoms with Crippen LogP contribution in [0.3, 0.4) is 0 Å². The lowest BCUT2D eigenvalue weighted by atomic mass is 10.2. The van der Waals surface area contributed by atoms with E-state index in [4.69, 9.17) is 15.6 Å². The van der Waals surface area contributed by atoms with Crippen LogP contribution in [0.1, 0.15) is 34.9 Å². The summed E-state index contributed by atoms with van der Waals surface area (Å²) in [4.78, 5) is 26.4. The van der Waals surface area contributed by atoms with E-state index in [-0.39, 0.29) is 30.6 Å². The SMILES string of the molecule is COC(CNC(=O)c1csc(C(C)N)n1)CC(=O)O. The Hall–Kier alpha value is -1.51. The van der Waals surface area contributed by atoms with Crippen LogP contribution in [-0.4, -0.2) is 41.7 Å². The van der Waals surface area contributed by atoms with Crippen molar-refractivity contribution in [1.29, 1.82) is 0 Å². The van der Waals surface area contributed by atoms with E-state index < -0.39 is 12.1 Å². The molecule has 8 heteroatoms. The van der Waals surface area contributed by atoms with Crippen LogP contribution < -0.4 is 11.1 Å². The number of nitrogens with two attached hydrogens (primary N) is 1. The van der Waals surface area contributed by atoms with E-state index in [0.717, 1.165) is 0 Å². The van der Waals surface area contributed by atoms with Gasteiger partial charge in [0.25, 0.3) is 5.91 Å². The molecule has 7 nitrogen and oxygen atoms in total. The first-order valence-electron chi connectivity index (χ1n) is 5.67. The van der Waals surface area contributed by atoms with E-state index in [1.54, 1.807) is 12.3 Å². The van der Waals surface area contributed by atoms with Gasteiger partial charge in [-0.05, 0) is 6.92 Å². The molecule has 0 aliphatic heterocycles. The summed E-state index contributed by atoms with van der Waals surface area (Å²) >= 11 is 1.31. The molecule has 19 heavy (non-hydrogen) atoms. The number of carboxylic acid groups (broad SMARTS) is 1. The Morgan fingerprint density at radius 3 is 2.79 bits per heavy atom. The molecule has 1 rings (SSSR count). The predicted octanol–water partition coefficient (Wildman–Crippen LogP) is 0.382. The Morgan fingerprint density at radius 1 is 1.63 bits per heavy atom. The first-order valence-corrected chi connectivity index (χ1v) is 6.55. The van der Waals surface area contributed by atoms with E-state index in [1.165, 1.54) is 18.4 Å². The Kier molecular flexibility index (Phi) is 5.87. The molecule has 2 unspecified atom stereocenters. The molecule has 0 radical (unpaired) electrons. The zero-order valence-electron chi connectivity index (χ0n) is 10.8. The molecule has 2 atom stereocenters. The van der Waals surface area contributed by atoms with Crippen LogP contribution in [0.4, 0.5) is 0 Å². The van der Waals surface area contributed by atoms with Crippen LogP contribution in [0.5, 0.6) is 0 Å². The van der Waals surface area contributed by atoms with Crippen molar-refractivity contribution in [3.05, 3.63) is 16.1 Å². The highest BCUT2D eigenvalue weighted by Crippen LogP contribution is 2.15. The highest BCUT2D eigenvalue weighted by atomic mass is 32.1. The molecule has 1 aromatic rings. The van der Waals surface area contributed by atoms with Gasteiger partial charge in [-0.1, -0.05) is 0 Å². The Bertz CT molecular complexity index is 447. The maximum atomic E-state index is 11.8. The van der Waals surface area contributed by atoms with Gasteiger partial charge in [0, 0.05) is 19.0 Å². The first-order chi connectivity index (χ1) is 8.93. The highest BCUT2D eigenvalue weighted by Gasteiger charge is 2.16. The zero-order chi connectivity index (χ0) is 14.4. The molecule has 4 N–H and O–H groups in total. The van der Waals surface area contributed by atoms with E-state index in [2.05, 4.69) is 10.3 Å². The quantitative estimate of drug-likeness (QED) is 0.668. The molecule has 1 amide bonds. The molecule has 106 valence electrons. The highest BCUT2D eigenvalue weighted by molar-refractivity contribution is 7.09. The largest absolute Gasteiger partial charge is 0.481 e. The molecule has 0 aliphatic carbocycles. The van der Waals surface area contributed by atoms with Gasteiger partial charge in [0.15, 0.2) is 0 Å². The number of carbonyl (C=O) groups excluding carboxylic acids is 1. The lowest BCUT2D eigenvalue weighted by Gasteiger charge is -2.13. The number of aromatic nitrogens is 1. The fourth-order valence-electron chi connectivity index (χ4n) is 1.33. The Morgan fingerprint density at radius 2 is 2.32 bits per heavy atom. The van der Waals surface area contributed by atoms with Gasteiger partial charge in [-0.3, -0.25) is 9.59 Å². The Labute approximate surface area is 114 Å². The number of hydrogen-bond acceptors (Lipinski definition) is 6. The number of rotatable bonds is 7. The third-order valence-corrected chi connectivity index (χ3v) is 3.42. The lowest BCUT2D eigenvalue weighted by Crippen LogP contribution is -2.34. The minimum atomic E-state index is -0.978. The summed E-state index contributed by atoms with van der Waals surface area (Å²) in [5, 5.41) is 13.5. The second-order valence-corrected chi connectivity index (χ2v) is 4.91. The van der Waals surface area contributed by atoms with Crippen molar-refractivity contribution in [3.8, 4) is 0 Å². The summed E-state index contributed by atoms with van der Waals surface area (Å²) in [6.45, 7) is 1.90. The fraction of sp³-hybridized carbons (Fsp3) is 0.545. The van der Waals surface area contributed by atoms with Crippen LogP contribution in [0.15, 0.2) is 5.38 Å². The average molecular weight is 287 g/mol. The number of ether oxygens (including phenoxy) is 1. The summed E-state index contributed by atoms with van der Waals surface area (Å²) < 4.78 is 4.96. The van der Waals surface area contributed by atoms with Crippen molar-refractivity contribution < 1.29 is 19.4 Å². The van der Waals surface area contributed by atoms with Gasteiger partial charge < -0.3 is 20.9 Å². The molecule has 1 aromatic heterocycles. The molecular weight excluding hydrogens is 270 g/mol. The van der Waals surface area contributed by atoms with Crippen molar-refractivity contribution in [2.45, 2.75) is 25.5 Å². The standard InChI is InChI=1S/C11H17N3O4S/c1-6(12)11-14-8(5-19-11)10(17)13-4-7(18-2)3-9(15)16/h5-7H,3-4,12H2,1-2H3,(H,13,17)(H,15,16). The second kappa shape index (κ2) is 7.17. The minimum absolute atomic E-state index is 0.118. The molecule has 0 aliphatic rings. The van der Waals surface area contributed by atoms with Gasteiger partial charge in [0.1, 0.15) is 10.7 Å². The predicted molar refractivity (Wildman–Crippen MR) is 70.1 cm³/mol. The molecule has 0 saturated carbocycles. The normalized spacial score (nSPS) is 13.8. The van der Waals surface area contributed by atoms with Gasteiger partial charge in [-0.25, -0.2) is 4.98 Å². The van der Waals surface area contributed by atoms with Crippen LogP contribution >= 0.6 is 11.3 Å². The molecule has 0 bridgehead atoms. The fourth-order valence-corrected chi connectivity index (χ4v) is 2.09. The number of thiazole rings is 1. The number of aliphatic carboxylic acids is 1. The number of carboxylic acids is 1. The van der Waals surface area contributed by atoms with Gasteiger partial charge in [0.2, 0.25) is 0 Å². The van der Waals surface area contributed by atoms with Crippen LogP contribution in [0.2, 0.25) is 0 Å². The summed E-state index contributed by atoms with van der Waals surface area (Å²) in [5.41, 5.74) is 5.94. The topological polar surface area (TPSA) is 115 Å². The van der Waals surface area contributed by atoms with Gasteiger partial charge in [0.05, 0.1) is 18.6 Å². The number of nitrogens with one attached hydrogen (secondary N) is 1. The molecule has 0 aromatic carbocycles.